The van der Waals surface area contributed by atoms with Gasteiger partial charge in [0.1, 0.15) is 5.69 Å². The second-order valence-corrected chi connectivity index (χ2v) is 5.28. The molecule has 3 rings (SSSR count). The Balaban J connectivity index is 1.85. The number of hydrogen-bond acceptors (Lipinski definition) is 7. The van der Waals surface area contributed by atoms with E-state index in [1.807, 2.05) is 6.07 Å². The molecule has 0 bridgehead atoms. The molecular formula is C15H12N6O5. The highest BCUT2D eigenvalue weighted by Gasteiger charge is 2.21. The molecule has 0 saturated carbocycles. The standard InChI is InChI=1S/C15H12N6O5/c1-19-12-5-3-2-4-10(12)14(18-19)15(22)17-16-11-7-6-9(20(23)24)8-13(11)21(25)26/h2-8,16H,1H3,(H,17,22). The van der Waals surface area contributed by atoms with E-state index in [0.717, 1.165) is 23.7 Å². The molecule has 2 N–H and O–H groups in total. The Hall–Kier alpha value is -4.02. The Morgan fingerprint density at radius 3 is 2.54 bits per heavy atom. The second-order valence-electron chi connectivity index (χ2n) is 5.28. The minimum absolute atomic E-state index is 0.0887. The van der Waals surface area contributed by atoms with Crippen molar-refractivity contribution in [3.63, 3.8) is 0 Å². The molecular weight excluding hydrogens is 344 g/mol. The molecule has 0 aliphatic rings. The molecule has 0 saturated heterocycles. The van der Waals surface area contributed by atoms with Crippen molar-refractivity contribution in [2.75, 3.05) is 5.43 Å². The Bertz CT molecular complexity index is 1040. The van der Waals surface area contributed by atoms with Crippen molar-refractivity contribution in [3.05, 3.63) is 68.4 Å². The number of nitro groups is 2. The molecule has 11 heteroatoms. The molecule has 11 nitrogen and oxygen atoms in total. The van der Waals surface area contributed by atoms with Crippen molar-refractivity contribution in [3.8, 4) is 0 Å². The first-order valence-corrected chi connectivity index (χ1v) is 7.29. The van der Waals surface area contributed by atoms with Crippen LogP contribution in [0.1, 0.15) is 10.5 Å². The molecule has 0 radical (unpaired) electrons. The van der Waals surface area contributed by atoms with Crippen LogP contribution in [0.2, 0.25) is 0 Å². The lowest BCUT2D eigenvalue weighted by Crippen LogP contribution is -2.30. The number of benzene rings is 2. The third-order valence-corrected chi connectivity index (χ3v) is 3.67. The molecule has 0 spiro atoms. The molecule has 132 valence electrons. The molecule has 0 aliphatic heterocycles. The molecule has 0 atom stereocenters. The van der Waals surface area contributed by atoms with Crippen LogP contribution in [0, 0.1) is 20.2 Å². The highest BCUT2D eigenvalue weighted by Crippen LogP contribution is 2.28. The van der Waals surface area contributed by atoms with Gasteiger partial charge in [-0.25, -0.2) is 0 Å². The second kappa shape index (κ2) is 6.47. The first-order chi connectivity index (χ1) is 12.4. The van der Waals surface area contributed by atoms with Crippen molar-refractivity contribution in [1.29, 1.82) is 0 Å². The summed E-state index contributed by atoms with van der Waals surface area (Å²) in [7, 11) is 1.69. The molecule has 26 heavy (non-hydrogen) atoms. The number of hydrazine groups is 1. The van der Waals surface area contributed by atoms with Crippen LogP contribution < -0.4 is 10.9 Å². The number of rotatable bonds is 5. The van der Waals surface area contributed by atoms with Crippen LogP contribution >= 0.6 is 0 Å². The van der Waals surface area contributed by atoms with Crippen molar-refractivity contribution in [2.24, 2.45) is 7.05 Å². The monoisotopic (exact) mass is 356 g/mol. The lowest BCUT2D eigenvalue weighted by molar-refractivity contribution is -0.393. The van der Waals surface area contributed by atoms with Crippen LogP contribution in [0.3, 0.4) is 0 Å². The van der Waals surface area contributed by atoms with Crippen LogP contribution in [0.15, 0.2) is 42.5 Å². The zero-order valence-corrected chi connectivity index (χ0v) is 13.4. The van der Waals surface area contributed by atoms with Crippen LogP contribution in [0.25, 0.3) is 10.9 Å². The van der Waals surface area contributed by atoms with E-state index in [0.29, 0.717) is 5.39 Å². The molecule has 1 aromatic heterocycles. The number of carbonyl (C=O) groups is 1. The summed E-state index contributed by atoms with van der Waals surface area (Å²) in [6.07, 6.45) is 0. The van der Waals surface area contributed by atoms with Gasteiger partial charge in [-0.1, -0.05) is 18.2 Å². The van der Waals surface area contributed by atoms with Crippen LogP contribution in [0.4, 0.5) is 17.1 Å². The largest absolute Gasteiger partial charge is 0.300 e. The number of carbonyl (C=O) groups excluding carboxylic acids is 1. The first-order valence-electron chi connectivity index (χ1n) is 7.29. The summed E-state index contributed by atoms with van der Waals surface area (Å²) in [4.78, 5) is 32.7. The molecule has 1 amide bonds. The molecule has 1 heterocycles. The van der Waals surface area contributed by atoms with Crippen molar-refractivity contribution in [1.82, 2.24) is 15.2 Å². The van der Waals surface area contributed by atoms with Gasteiger partial charge in [-0.05, 0) is 12.1 Å². The van der Waals surface area contributed by atoms with E-state index in [2.05, 4.69) is 16.0 Å². The molecule has 0 aliphatic carbocycles. The Kier molecular flexibility index (Phi) is 4.19. The molecule has 0 fully saturated rings. The average molecular weight is 356 g/mol. The molecule has 2 aromatic carbocycles. The third-order valence-electron chi connectivity index (χ3n) is 3.67. The van der Waals surface area contributed by atoms with E-state index < -0.39 is 27.1 Å². The Labute approximate surface area is 145 Å². The lowest BCUT2D eigenvalue weighted by atomic mass is 10.2. The number of amides is 1. The fourth-order valence-electron chi connectivity index (χ4n) is 2.46. The number of hydrogen-bond donors (Lipinski definition) is 2. The summed E-state index contributed by atoms with van der Waals surface area (Å²) in [6, 6.07) is 10.1. The molecule has 3 aromatic rings. The Morgan fingerprint density at radius 1 is 1.12 bits per heavy atom. The van der Waals surface area contributed by atoms with Crippen molar-refractivity contribution < 1.29 is 14.6 Å². The fourth-order valence-corrected chi connectivity index (χ4v) is 2.46. The summed E-state index contributed by atoms with van der Waals surface area (Å²) in [5.74, 6) is -0.602. The van der Waals surface area contributed by atoms with Crippen LogP contribution in [-0.2, 0) is 7.05 Å². The lowest BCUT2D eigenvalue weighted by Gasteiger charge is -2.08. The maximum Gasteiger partial charge on any atom is 0.300 e. The van der Waals surface area contributed by atoms with Gasteiger partial charge in [0.05, 0.1) is 21.4 Å². The van der Waals surface area contributed by atoms with Crippen molar-refractivity contribution >= 4 is 33.9 Å². The number of para-hydroxylation sites is 1. The zero-order valence-electron chi connectivity index (χ0n) is 13.4. The number of anilines is 1. The van der Waals surface area contributed by atoms with Gasteiger partial charge >= 0.3 is 5.69 Å². The average Bonchev–Trinajstić information content (AvgIpc) is 2.96. The van der Waals surface area contributed by atoms with Gasteiger partial charge in [0.2, 0.25) is 0 Å². The number of nitrogens with one attached hydrogen (secondary N) is 2. The third kappa shape index (κ3) is 3.00. The SMILES string of the molecule is Cn1nc(C(=O)NNc2ccc([N+](=O)[O-])cc2[N+](=O)[O-])c2ccccc21. The van der Waals surface area contributed by atoms with E-state index in [4.69, 9.17) is 0 Å². The van der Waals surface area contributed by atoms with Crippen LogP contribution in [-0.4, -0.2) is 25.5 Å². The van der Waals surface area contributed by atoms with Crippen LogP contribution in [0.5, 0.6) is 0 Å². The minimum Gasteiger partial charge on any atom is -0.292 e. The zero-order chi connectivity index (χ0) is 18.8. The summed E-state index contributed by atoms with van der Waals surface area (Å²) >= 11 is 0. The van der Waals surface area contributed by atoms with E-state index >= 15 is 0 Å². The summed E-state index contributed by atoms with van der Waals surface area (Å²) in [5.41, 5.74) is 4.58. The Morgan fingerprint density at radius 2 is 1.85 bits per heavy atom. The highest BCUT2D eigenvalue weighted by molar-refractivity contribution is 6.05. The smallest absolute Gasteiger partial charge is 0.292 e. The number of aryl methyl sites for hydroxylation is 1. The van der Waals surface area contributed by atoms with Gasteiger partial charge in [0.25, 0.3) is 11.6 Å². The van der Waals surface area contributed by atoms with Gasteiger partial charge < -0.3 is 0 Å². The van der Waals surface area contributed by atoms with Gasteiger partial charge in [-0.3, -0.25) is 40.6 Å². The minimum atomic E-state index is -0.780. The quantitative estimate of drug-likeness (QED) is 0.526. The number of aromatic nitrogens is 2. The first kappa shape index (κ1) is 16.8. The number of non-ortho nitro benzene ring substituents is 1. The molecule has 0 unspecified atom stereocenters. The van der Waals surface area contributed by atoms with Crippen molar-refractivity contribution in [2.45, 2.75) is 0 Å². The van der Waals surface area contributed by atoms with E-state index in [1.165, 1.54) is 0 Å². The predicted molar refractivity (Wildman–Crippen MR) is 91.6 cm³/mol. The number of nitrogens with zero attached hydrogens (tertiary/aromatic N) is 4. The summed E-state index contributed by atoms with van der Waals surface area (Å²) in [6.45, 7) is 0. The van der Waals surface area contributed by atoms with Gasteiger partial charge in [-0.15, -0.1) is 0 Å². The van der Waals surface area contributed by atoms with Gasteiger partial charge in [0.15, 0.2) is 5.69 Å². The van der Waals surface area contributed by atoms with Gasteiger partial charge in [-0.2, -0.15) is 5.10 Å². The van der Waals surface area contributed by atoms with Gasteiger partial charge in [0, 0.05) is 18.5 Å². The van der Waals surface area contributed by atoms with E-state index in [1.54, 1.807) is 29.9 Å². The number of nitro benzene ring substituents is 2. The fraction of sp³-hybridized carbons (Fsp3) is 0.0667. The summed E-state index contributed by atoms with van der Waals surface area (Å²) in [5, 5.41) is 26.6. The van der Waals surface area contributed by atoms with E-state index in [-0.39, 0.29) is 11.4 Å². The maximum absolute atomic E-state index is 12.4. The maximum atomic E-state index is 12.4. The highest BCUT2D eigenvalue weighted by atomic mass is 16.6. The number of fused-ring (bicyclic) bond motifs is 1. The summed E-state index contributed by atoms with van der Waals surface area (Å²) < 4.78 is 1.54. The topological polar surface area (TPSA) is 145 Å². The predicted octanol–water partition coefficient (Wildman–Crippen LogP) is 2.15. The van der Waals surface area contributed by atoms with E-state index in [9.17, 15) is 25.0 Å². The normalized spacial score (nSPS) is 10.5.